The maximum atomic E-state index is 5.20. The predicted molar refractivity (Wildman–Crippen MR) is 48.5 cm³/mol. The molecule has 0 bridgehead atoms. The first-order valence-electron chi connectivity index (χ1n) is 3.95. The van der Waals surface area contributed by atoms with Gasteiger partial charge in [0.1, 0.15) is 0 Å². The average molecular weight is 166 g/mol. The maximum Gasteiger partial charge on any atom is 0.184 e. The summed E-state index contributed by atoms with van der Waals surface area (Å²) >= 11 is 0. The van der Waals surface area contributed by atoms with Crippen LogP contribution < -0.4 is 0 Å². The Hall–Kier alpha value is -1.00. The van der Waals surface area contributed by atoms with Crippen molar-refractivity contribution < 1.29 is 9.47 Å². The lowest BCUT2D eigenvalue weighted by Gasteiger charge is -2.10. The van der Waals surface area contributed by atoms with E-state index < -0.39 is 0 Å². The van der Waals surface area contributed by atoms with Gasteiger partial charge in [0, 0.05) is 25.4 Å². The van der Waals surface area contributed by atoms with Crippen LogP contribution in [0.1, 0.15) is 13.8 Å². The average Bonchev–Trinajstić information content (AvgIpc) is 2.06. The molecule has 0 aromatic heterocycles. The zero-order valence-corrected chi connectivity index (χ0v) is 7.54. The minimum Gasteiger partial charge on any atom is -0.349 e. The van der Waals surface area contributed by atoms with Crippen molar-refractivity contribution in [2.75, 3.05) is 13.2 Å². The summed E-state index contributed by atoms with van der Waals surface area (Å²) in [5.74, 6) is 2.33. The van der Waals surface area contributed by atoms with Crippen molar-refractivity contribution in [3.63, 3.8) is 0 Å². The highest BCUT2D eigenvalue weighted by atomic mass is 16.7. The van der Waals surface area contributed by atoms with Crippen molar-refractivity contribution in [2.24, 2.45) is 0 Å². The van der Waals surface area contributed by atoms with E-state index in [-0.39, 0.29) is 6.29 Å². The molecule has 0 aliphatic carbocycles. The van der Waals surface area contributed by atoms with E-state index in [1.54, 1.807) is 6.08 Å². The van der Waals surface area contributed by atoms with Gasteiger partial charge in [0.2, 0.25) is 0 Å². The molecule has 0 saturated heterocycles. The first kappa shape index (κ1) is 11.0. The highest BCUT2D eigenvalue weighted by Gasteiger charge is 1.99. The molecule has 0 heterocycles. The minimum absolute atomic E-state index is 0.329. The summed E-state index contributed by atoms with van der Waals surface area (Å²) in [6.45, 7) is 5.04. The summed E-state index contributed by atoms with van der Waals surface area (Å²) in [5, 5.41) is 0. The van der Waals surface area contributed by atoms with Crippen LogP contribution in [0.25, 0.3) is 0 Å². The zero-order chi connectivity index (χ0) is 9.23. The fraction of sp³-hybridized carbons (Fsp3) is 0.500. The van der Waals surface area contributed by atoms with E-state index in [0.29, 0.717) is 13.2 Å². The van der Waals surface area contributed by atoms with Gasteiger partial charge in [-0.3, -0.25) is 0 Å². The lowest BCUT2D eigenvalue weighted by atomic mass is 10.5. The van der Waals surface area contributed by atoms with Crippen molar-refractivity contribution in [3.8, 4) is 12.3 Å². The summed E-state index contributed by atoms with van der Waals surface area (Å²) in [7, 11) is 0. The molecule has 0 amide bonds. The van der Waals surface area contributed by atoms with Gasteiger partial charge in [-0.2, -0.15) is 0 Å². The summed E-state index contributed by atoms with van der Waals surface area (Å²) in [6.07, 6.45) is 7.80. The Morgan fingerprint density at radius 1 is 1.33 bits per heavy atom. The standard InChI is InChI=1S/C10H14O2/c1-4-7-8-9-10(11-5-2)12-6-3/h1,7,9-10H,5-6H2,2-3H3. The fourth-order valence-corrected chi connectivity index (χ4v) is 0.648. The molecule has 0 radical (unpaired) electrons. The van der Waals surface area contributed by atoms with Crippen LogP contribution in [0, 0.1) is 12.3 Å². The Kier molecular flexibility index (Phi) is 7.42. The van der Waals surface area contributed by atoms with E-state index in [1.807, 2.05) is 13.8 Å². The number of hydrogen-bond donors (Lipinski definition) is 0. The Labute approximate surface area is 73.9 Å². The molecule has 0 aromatic rings. The molecule has 0 rings (SSSR count). The first-order valence-corrected chi connectivity index (χ1v) is 3.95. The number of ether oxygens (including phenoxy) is 2. The molecule has 0 spiro atoms. The molecule has 2 heteroatoms. The molecule has 0 N–H and O–H groups in total. The van der Waals surface area contributed by atoms with Crippen molar-refractivity contribution >= 4 is 0 Å². The van der Waals surface area contributed by atoms with Gasteiger partial charge in [0.25, 0.3) is 0 Å². The molecule has 0 saturated carbocycles. The summed E-state index contributed by atoms with van der Waals surface area (Å²) in [6, 6.07) is 0. The van der Waals surface area contributed by atoms with Gasteiger partial charge < -0.3 is 9.47 Å². The van der Waals surface area contributed by atoms with Gasteiger partial charge in [-0.1, -0.05) is 5.92 Å². The first-order chi connectivity index (χ1) is 5.85. The molecule has 66 valence electrons. The third kappa shape index (κ3) is 5.76. The number of hydrogen-bond acceptors (Lipinski definition) is 2. The Bertz CT molecular complexity index is 188. The largest absolute Gasteiger partial charge is 0.349 e. The Morgan fingerprint density at radius 3 is 2.33 bits per heavy atom. The third-order valence-electron chi connectivity index (χ3n) is 1.06. The van der Waals surface area contributed by atoms with Gasteiger partial charge in [-0.05, 0) is 13.8 Å². The second-order valence-electron chi connectivity index (χ2n) is 1.92. The molecular weight excluding hydrogens is 152 g/mol. The monoisotopic (exact) mass is 166 g/mol. The van der Waals surface area contributed by atoms with Crippen LogP contribution in [0.4, 0.5) is 0 Å². The van der Waals surface area contributed by atoms with Gasteiger partial charge in [0.05, 0.1) is 0 Å². The molecule has 0 atom stereocenters. The second-order valence-corrected chi connectivity index (χ2v) is 1.92. The van der Waals surface area contributed by atoms with Gasteiger partial charge in [0.15, 0.2) is 6.29 Å². The van der Waals surface area contributed by atoms with Crippen molar-refractivity contribution in [3.05, 3.63) is 17.9 Å². The summed E-state index contributed by atoms with van der Waals surface area (Å²) in [5.41, 5.74) is 2.77. The lowest BCUT2D eigenvalue weighted by Crippen LogP contribution is -2.13. The van der Waals surface area contributed by atoms with Crippen LogP contribution >= 0.6 is 0 Å². The molecule has 12 heavy (non-hydrogen) atoms. The van der Waals surface area contributed by atoms with E-state index >= 15 is 0 Å². The van der Waals surface area contributed by atoms with Crippen molar-refractivity contribution in [2.45, 2.75) is 20.1 Å². The third-order valence-corrected chi connectivity index (χ3v) is 1.06. The molecule has 0 aliphatic heterocycles. The van der Waals surface area contributed by atoms with Gasteiger partial charge >= 0.3 is 0 Å². The molecular formula is C10H14O2. The van der Waals surface area contributed by atoms with Crippen LogP contribution in [0.2, 0.25) is 0 Å². The maximum absolute atomic E-state index is 5.20. The molecule has 2 nitrogen and oxygen atoms in total. The van der Waals surface area contributed by atoms with Crippen LogP contribution in [0.5, 0.6) is 0 Å². The quantitative estimate of drug-likeness (QED) is 0.352. The smallest absolute Gasteiger partial charge is 0.184 e. The van der Waals surface area contributed by atoms with Crippen molar-refractivity contribution in [1.82, 2.24) is 0 Å². The molecule has 0 aromatic carbocycles. The van der Waals surface area contributed by atoms with Crippen molar-refractivity contribution in [1.29, 1.82) is 0 Å². The van der Waals surface area contributed by atoms with E-state index in [2.05, 4.69) is 11.7 Å². The van der Waals surface area contributed by atoms with Crippen LogP contribution in [-0.2, 0) is 9.47 Å². The molecule has 0 fully saturated rings. The summed E-state index contributed by atoms with van der Waals surface area (Å²) < 4.78 is 10.4. The van der Waals surface area contributed by atoms with E-state index in [4.69, 9.17) is 15.9 Å². The SMILES string of the molecule is C#CC=C=CC(OCC)OCC. The second kappa shape index (κ2) is 8.10. The van der Waals surface area contributed by atoms with Gasteiger partial charge in [-0.25, -0.2) is 0 Å². The van der Waals surface area contributed by atoms with E-state index in [9.17, 15) is 0 Å². The van der Waals surface area contributed by atoms with Gasteiger partial charge in [-0.15, -0.1) is 12.2 Å². The lowest BCUT2D eigenvalue weighted by molar-refractivity contribution is -0.103. The predicted octanol–water partition coefficient (Wildman–Crippen LogP) is 1.73. The zero-order valence-electron chi connectivity index (χ0n) is 7.54. The van der Waals surface area contributed by atoms with E-state index in [1.165, 1.54) is 6.08 Å². The van der Waals surface area contributed by atoms with Crippen LogP contribution in [-0.4, -0.2) is 19.5 Å². The van der Waals surface area contributed by atoms with Crippen LogP contribution in [0.15, 0.2) is 17.9 Å². The van der Waals surface area contributed by atoms with E-state index in [0.717, 1.165) is 0 Å². The Morgan fingerprint density at radius 2 is 1.92 bits per heavy atom. The normalized spacial score (nSPS) is 8.83. The highest BCUT2D eigenvalue weighted by molar-refractivity contribution is 5.08. The Balaban J connectivity index is 3.95. The molecule has 0 unspecified atom stereocenters. The number of rotatable bonds is 5. The van der Waals surface area contributed by atoms with Crippen LogP contribution in [0.3, 0.4) is 0 Å². The topological polar surface area (TPSA) is 18.5 Å². The minimum atomic E-state index is -0.329. The summed E-state index contributed by atoms with van der Waals surface area (Å²) in [4.78, 5) is 0. The fourth-order valence-electron chi connectivity index (χ4n) is 0.648. The number of terminal acetylenes is 1. The molecule has 0 aliphatic rings. The highest BCUT2D eigenvalue weighted by Crippen LogP contribution is 1.95.